The van der Waals surface area contributed by atoms with Crippen LogP contribution in [0, 0.1) is 11.8 Å². The summed E-state index contributed by atoms with van der Waals surface area (Å²) in [7, 11) is 0. The standard InChI is InChI=1S/C11H12F3N3O2/c1-6-4-17(5-7(6)10(18)19)9-3-2-8(15-16-9)11(12,13)14/h2-3,6-7H,4-5H2,1H3,(H,18,19). The molecule has 2 unspecified atom stereocenters. The lowest BCUT2D eigenvalue weighted by molar-refractivity contribution is -0.142. The first-order valence-corrected chi connectivity index (χ1v) is 5.67. The van der Waals surface area contributed by atoms with Crippen molar-refractivity contribution in [3.8, 4) is 0 Å². The highest BCUT2D eigenvalue weighted by Crippen LogP contribution is 2.30. The van der Waals surface area contributed by atoms with Gasteiger partial charge in [0.15, 0.2) is 11.5 Å². The molecule has 0 aliphatic carbocycles. The normalized spacial score (nSPS) is 23.7. The summed E-state index contributed by atoms with van der Waals surface area (Å²) in [4.78, 5) is 12.6. The number of nitrogens with zero attached hydrogens (tertiary/aromatic N) is 3. The van der Waals surface area contributed by atoms with Crippen LogP contribution in [-0.4, -0.2) is 34.4 Å². The van der Waals surface area contributed by atoms with Crippen LogP contribution in [0.4, 0.5) is 19.0 Å². The first kappa shape index (κ1) is 13.6. The molecule has 1 aliphatic heterocycles. The highest BCUT2D eigenvalue weighted by Gasteiger charge is 2.36. The summed E-state index contributed by atoms with van der Waals surface area (Å²) in [5.41, 5.74) is -1.06. The largest absolute Gasteiger partial charge is 0.481 e. The van der Waals surface area contributed by atoms with Gasteiger partial charge in [-0.1, -0.05) is 6.92 Å². The Morgan fingerprint density at radius 1 is 1.37 bits per heavy atom. The zero-order chi connectivity index (χ0) is 14.2. The van der Waals surface area contributed by atoms with Crippen LogP contribution in [0.5, 0.6) is 0 Å². The maximum atomic E-state index is 12.3. The first-order chi connectivity index (χ1) is 8.79. The minimum Gasteiger partial charge on any atom is -0.481 e. The Labute approximate surface area is 107 Å². The minimum absolute atomic E-state index is 0.0819. The summed E-state index contributed by atoms with van der Waals surface area (Å²) in [5, 5.41) is 15.6. The lowest BCUT2D eigenvalue weighted by atomic mass is 9.99. The van der Waals surface area contributed by atoms with E-state index in [4.69, 9.17) is 5.11 Å². The molecule has 0 spiro atoms. The van der Waals surface area contributed by atoms with Gasteiger partial charge in [-0.3, -0.25) is 4.79 Å². The topological polar surface area (TPSA) is 66.3 Å². The molecule has 104 valence electrons. The second-order valence-electron chi connectivity index (χ2n) is 4.60. The van der Waals surface area contributed by atoms with E-state index in [9.17, 15) is 18.0 Å². The number of anilines is 1. The summed E-state index contributed by atoms with van der Waals surface area (Å²) in [6, 6.07) is 2.06. The molecular formula is C11H12F3N3O2. The monoisotopic (exact) mass is 275 g/mol. The number of carboxylic acids is 1. The molecule has 0 saturated carbocycles. The van der Waals surface area contributed by atoms with Gasteiger partial charge >= 0.3 is 12.1 Å². The molecule has 1 N–H and O–H groups in total. The predicted molar refractivity (Wildman–Crippen MR) is 59.5 cm³/mol. The number of rotatable bonds is 2. The van der Waals surface area contributed by atoms with Crippen molar-refractivity contribution in [3.05, 3.63) is 17.8 Å². The molecule has 2 heterocycles. The van der Waals surface area contributed by atoms with E-state index in [0.717, 1.165) is 6.07 Å². The van der Waals surface area contributed by atoms with Crippen molar-refractivity contribution in [2.75, 3.05) is 18.0 Å². The van der Waals surface area contributed by atoms with Gasteiger partial charge in [-0.25, -0.2) is 0 Å². The molecule has 0 amide bonds. The van der Waals surface area contributed by atoms with Gasteiger partial charge in [0, 0.05) is 13.1 Å². The predicted octanol–water partition coefficient (Wildman–Crippen LogP) is 1.65. The molecule has 1 fully saturated rings. The van der Waals surface area contributed by atoms with Gasteiger partial charge in [-0.05, 0) is 18.1 Å². The Kier molecular flexibility index (Phi) is 3.34. The van der Waals surface area contributed by atoms with Crippen molar-refractivity contribution in [1.29, 1.82) is 0 Å². The van der Waals surface area contributed by atoms with E-state index >= 15 is 0 Å². The smallest absolute Gasteiger partial charge is 0.435 e. The van der Waals surface area contributed by atoms with Crippen LogP contribution in [0.25, 0.3) is 0 Å². The van der Waals surface area contributed by atoms with E-state index < -0.39 is 23.8 Å². The Bertz CT molecular complexity index is 475. The van der Waals surface area contributed by atoms with Gasteiger partial charge < -0.3 is 10.0 Å². The van der Waals surface area contributed by atoms with Gasteiger partial charge in [-0.15, -0.1) is 10.2 Å². The van der Waals surface area contributed by atoms with Gasteiger partial charge in [0.1, 0.15) is 0 Å². The third kappa shape index (κ3) is 2.77. The van der Waals surface area contributed by atoms with Gasteiger partial charge in [0.05, 0.1) is 5.92 Å². The zero-order valence-corrected chi connectivity index (χ0v) is 10.1. The molecule has 0 radical (unpaired) electrons. The van der Waals surface area contributed by atoms with E-state index in [-0.39, 0.29) is 18.3 Å². The number of halogens is 3. The van der Waals surface area contributed by atoms with Crippen LogP contribution in [-0.2, 0) is 11.0 Å². The maximum absolute atomic E-state index is 12.3. The summed E-state index contributed by atoms with van der Waals surface area (Å²) in [5.74, 6) is -1.26. The number of aliphatic carboxylic acids is 1. The summed E-state index contributed by atoms with van der Waals surface area (Å²) >= 11 is 0. The molecule has 0 aromatic carbocycles. The van der Waals surface area contributed by atoms with Crippen LogP contribution in [0.1, 0.15) is 12.6 Å². The number of hydrogen-bond acceptors (Lipinski definition) is 4. The average Bonchev–Trinajstić information content (AvgIpc) is 2.70. The maximum Gasteiger partial charge on any atom is 0.435 e. The quantitative estimate of drug-likeness (QED) is 0.889. The molecule has 1 aliphatic rings. The highest BCUT2D eigenvalue weighted by molar-refractivity contribution is 5.72. The van der Waals surface area contributed by atoms with Crippen LogP contribution in [0.2, 0.25) is 0 Å². The molecule has 2 rings (SSSR count). The molecule has 1 saturated heterocycles. The van der Waals surface area contributed by atoms with Gasteiger partial charge in [0.2, 0.25) is 0 Å². The number of hydrogen-bond donors (Lipinski definition) is 1. The Morgan fingerprint density at radius 2 is 2.05 bits per heavy atom. The van der Waals surface area contributed by atoms with Crippen LogP contribution < -0.4 is 4.90 Å². The van der Waals surface area contributed by atoms with E-state index in [1.807, 2.05) is 0 Å². The third-order valence-electron chi connectivity index (χ3n) is 3.19. The fourth-order valence-corrected chi connectivity index (χ4v) is 2.12. The number of carboxylic acid groups (broad SMARTS) is 1. The number of aromatic nitrogens is 2. The Morgan fingerprint density at radius 3 is 2.47 bits per heavy atom. The van der Waals surface area contributed by atoms with Crippen LogP contribution >= 0.6 is 0 Å². The minimum atomic E-state index is -4.52. The van der Waals surface area contributed by atoms with Crippen molar-refractivity contribution < 1.29 is 23.1 Å². The molecule has 1 aromatic rings. The second kappa shape index (κ2) is 4.67. The average molecular weight is 275 g/mol. The number of carbonyl (C=O) groups is 1. The third-order valence-corrected chi connectivity index (χ3v) is 3.19. The molecule has 19 heavy (non-hydrogen) atoms. The lowest BCUT2D eigenvalue weighted by Gasteiger charge is -2.16. The van der Waals surface area contributed by atoms with Crippen LogP contribution in [0.15, 0.2) is 12.1 Å². The van der Waals surface area contributed by atoms with Crippen molar-refractivity contribution in [1.82, 2.24) is 10.2 Å². The molecule has 8 heteroatoms. The Balaban J connectivity index is 2.14. The van der Waals surface area contributed by atoms with E-state index in [2.05, 4.69) is 10.2 Å². The van der Waals surface area contributed by atoms with E-state index in [1.54, 1.807) is 11.8 Å². The molecular weight excluding hydrogens is 263 g/mol. The summed E-state index contributed by atoms with van der Waals surface area (Å²) < 4.78 is 37.0. The zero-order valence-electron chi connectivity index (χ0n) is 10.1. The summed E-state index contributed by atoms with van der Waals surface area (Å²) in [6.45, 7) is 2.46. The molecule has 2 atom stereocenters. The fourth-order valence-electron chi connectivity index (χ4n) is 2.12. The SMILES string of the molecule is CC1CN(c2ccc(C(F)(F)F)nn2)CC1C(=O)O. The lowest BCUT2D eigenvalue weighted by Crippen LogP contribution is -2.24. The summed E-state index contributed by atoms with van der Waals surface area (Å²) in [6.07, 6.45) is -4.52. The van der Waals surface area contributed by atoms with Crippen LogP contribution in [0.3, 0.4) is 0 Å². The van der Waals surface area contributed by atoms with Gasteiger partial charge in [-0.2, -0.15) is 13.2 Å². The fraction of sp³-hybridized carbons (Fsp3) is 0.545. The van der Waals surface area contributed by atoms with Crippen molar-refractivity contribution in [2.24, 2.45) is 11.8 Å². The van der Waals surface area contributed by atoms with Crippen molar-refractivity contribution in [2.45, 2.75) is 13.1 Å². The Hall–Kier alpha value is -1.86. The highest BCUT2D eigenvalue weighted by atomic mass is 19.4. The van der Waals surface area contributed by atoms with E-state index in [1.165, 1.54) is 6.07 Å². The van der Waals surface area contributed by atoms with E-state index in [0.29, 0.717) is 6.54 Å². The van der Waals surface area contributed by atoms with Gasteiger partial charge in [0.25, 0.3) is 0 Å². The van der Waals surface area contributed by atoms with Crippen molar-refractivity contribution in [3.63, 3.8) is 0 Å². The molecule has 0 bridgehead atoms. The van der Waals surface area contributed by atoms with Crippen molar-refractivity contribution >= 4 is 11.8 Å². The number of alkyl halides is 3. The second-order valence-corrected chi connectivity index (χ2v) is 4.60. The molecule has 5 nitrogen and oxygen atoms in total. The first-order valence-electron chi connectivity index (χ1n) is 5.67. The molecule has 1 aromatic heterocycles.